The molecule has 0 amide bonds. The Kier molecular flexibility index (Phi) is 7.15. The summed E-state index contributed by atoms with van der Waals surface area (Å²) in [7, 11) is 0. The van der Waals surface area contributed by atoms with Gasteiger partial charge in [0, 0.05) is 0 Å². The van der Waals surface area contributed by atoms with E-state index in [0.29, 0.717) is 5.92 Å². The maximum absolute atomic E-state index is 2.48. The molecule has 0 radical (unpaired) electrons. The number of allylic oxidation sites excluding steroid dienone is 5. The summed E-state index contributed by atoms with van der Waals surface area (Å²) in [5, 5.41) is 0. The van der Waals surface area contributed by atoms with Crippen molar-refractivity contribution in [1.29, 1.82) is 0 Å². The molecule has 0 fully saturated rings. The van der Waals surface area contributed by atoms with Gasteiger partial charge in [-0.3, -0.25) is 0 Å². The molecule has 1 aromatic carbocycles. The fraction of sp³-hybridized carbons (Fsp3) is 0.400. The van der Waals surface area contributed by atoms with Crippen LogP contribution in [-0.4, -0.2) is 0 Å². The molecule has 3 rings (SSSR count). The second-order valence-electron chi connectivity index (χ2n) is 6.61. The van der Waals surface area contributed by atoms with Crippen molar-refractivity contribution < 1.29 is 48.0 Å². The SMILES string of the molecule is CC1=C(C)C(C)[C]([Zr+2][CH]2C=Cc3cc(C)c(C)cc32)=C1C.[Cl-].[Cl-]. The van der Waals surface area contributed by atoms with Crippen LogP contribution >= 0.6 is 0 Å². The molecular formula is C20H24Cl2Zr. The molecule has 0 aromatic heterocycles. The van der Waals surface area contributed by atoms with Gasteiger partial charge in [0.15, 0.2) is 0 Å². The van der Waals surface area contributed by atoms with Crippen molar-refractivity contribution in [3.05, 3.63) is 60.5 Å². The molecule has 2 aliphatic carbocycles. The number of hydrogen-bond donors (Lipinski definition) is 0. The van der Waals surface area contributed by atoms with E-state index in [2.05, 4.69) is 65.8 Å². The van der Waals surface area contributed by atoms with Gasteiger partial charge in [-0.15, -0.1) is 0 Å². The molecule has 0 saturated heterocycles. The van der Waals surface area contributed by atoms with Gasteiger partial charge in [0.2, 0.25) is 0 Å². The summed E-state index contributed by atoms with van der Waals surface area (Å²) in [6.45, 7) is 13.8. The Morgan fingerprint density at radius 1 is 0.870 bits per heavy atom. The number of benzene rings is 1. The first kappa shape index (κ1) is 20.9. The van der Waals surface area contributed by atoms with Crippen LogP contribution in [0.5, 0.6) is 0 Å². The van der Waals surface area contributed by atoms with Crippen LogP contribution < -0.4 is 24.8 Å². The van der Waals surface area contributed by atoms with Crippen molar-refractivity contribution in [3.63, 3.8) is 0 Å². The zero-order valence-electron chi connectivity index (χ0n) is 14.7. The van der Waals surface area contributed by atoms with Crippen LogP contribution in [-0.2, 0) is 23.2 Å². The summed E-state index contributed by atoms with van der Waals surface area (Å²) >= 11 is -0.606. The second kappa shape index (κ2) is 7.86. The second-order valence-corrected chi connectivity index (χ2v) is 10.2. The zero-order chi connectivity index (χ0) is 15.3. The molecule has 0 aliphatic heterocycles. The van der Waals surface area contributed by atoms with Crippen molar-refractivity contribution in [1.82, 2.24) is 0 Å². The molecule has 23 heavy (non-hydrogen) atoms. The average molecular weight is 427 g/mol. The van der Waals surface area contributed by atoms with E-state index in [-0.39, 0.29) is 24.8 Å². The topological polar surface area (TPSA) is 0 Å². The number of fused-ring (bicyclic) bond motifs is 1. The van der Waals surface area contributed by atoms with Crippen molar-refractivity contribution in [2.24, 2.45) is 5.92 Å². The van der Waals surface area contributed by atoms with Crippen molar-refractivity contribution >= 4 is 6.08 Å². The molecule has 0 bridgehead atoms. The van der Waals surface area contributed by atoms with Gasteiger partial charge in [0.05, 0.1) is 0 Å². The van der Waals surface area contributed by atoms with E-state index in [0.717, 1.165) is 3.63 Å². The van der Waals surface area contributed by atoms with Gasteiger partial charge < -0.3 is 24.8 Å². The molecule has 2 unspecified atom stereocenters. The molecule has 3 heteroatoms. The first-order valence-corrected chi connectivity index (χ1v) is 10.5. The van der Waals surface area contributed by atoms with Crippen LogP contribution in [0.2, 0.25) is 0 Å². The zero-order valence-corrected chi connectivity index (χ0v) is 18.7. The number of rotatable bonds is 2. The van der Waals surface area contributed by atoms with E-state index in [9.17, 15) is 0 Å². The Morgan fingerprint density at radius 2 is 1.48 bits per heavy atom. The van der Waals surface area contributed by atoms with Gasteiger partial charge in [0.25, 0.3) is 0 Å². The third-order valence-corrected chi connectivity index (χ3v) is 10.2. The standard InChI is InChI=1S/C11H11.C9H13.2ClH.Zr/c1-8-6-10-4-3-5-11(10)7-9(8)2;1-6-5-7(2)9(4)8(6)3;;;/h3-7H,1-2H3;6H,1-4H3;2*1H;/q;;;;+2/p-2. The summed E-state index contributed by atoms with van der Waals surface area (Å²) in [4.78, 5) is 0. The first-order chi connectivity index (χ1) is 9.90. The Hall–Kier alpha value is -0.0969. The molecule has 0 saturated carbocycles. The van der Waals surface area contributed by atoms with Crippen molar-refractivity contribution in [2.45, 2.75) is 45.2 Å². The van der Waals surface area contributed by atoms with Gasteiger partial charge >= 0.3 is 141 Å². The predicted molar refractivity (Wildman–Crippen MR) is 87.9 cm³/mol. The van der Waals surface area contributed by atoms with Crippen LogP contribution in [0, 0.1) is 19.8 Å². The van der Waals surface area contributed by atoms with Crippen LogP contribution in [0.4, 0.5) is 0 Å². The molecule has 0 heterocycles. The Morgan fingerprint density at radius 3 is 2.04 bits per heavy atom. The molecule has 1 aromatic rings. The normalized spacial score (nSPS) is 21.8. The monoisotopic (exact) mass is 424 g/mol. The summed E-state index contributed by atoms with van der Waals surface area (Å²) in [6, 6.07) is 4.81. The maximum atomic E-state index is 2.48. The molecule has 2 aliphatic rings. The maximum Gasteiger partial charge on any atom is -1.00 e. The van der Waals surface area contributed by atoms with Crippen LogP contribution in [0.1, 0.15) is 53.6 Å². The van der Waals surface area contributed by atoms with E-state index in [1.54, 1.807) is 22.3 Å². The Labute approximate surface area is 164 Å². The minimum absolute atomic E-state index is 0. The third-order valence-electron chi connectivity index (χ3n) is 5.45. The fourth-order valence-electron chi connectivity index (χ4n) is 3.47. The van der Waals surface area contributed by atoms with Crippen LogP contribution in [0.25, 0.3) is 6.08 Å². The van der Waals surface area contributed by atoms with Crippen molar-refractivity contribution in [2.75, 3.05) is 0 Å². The van der Waals surface area contributed by atoms with E-state index >= 15 is 0 Å². The minimum atomic E-state index is -0.606. The third kappa shape index (κ3) is 3.63. The van der Waals surface area contributed by atoms with Crippen LogP contribution in [0.3, 0.4) is 0 Å². The average Bonchev–Trinajstić information content (AvgIpc) is 2.91. The fourth-order valence-corrected chi connectivity index (χ4v) is 7.90. The molecule has 0 N–H and O–H groups in total. The predicted octanol–water partition coefficient (Wildman–Crippen LogP) is -0.278. The van der Waals surface area contributed by atoms with E-state index < -0.39 is 23.2 Å². The summed E-state index contributed by atoms with van der Waals surface area (Å²) in [5.74, 6) is 0.695. The Balaban J connectivity index is 0.00000132. The van der Waals surface area contributed by atoms with Gasteiger partial charge in [-0.25, -0.2) is 0 Å². The quantitative estimate of drug-likeness (QED) is 0.611. The number of halogens is 2. The molecular weight excluding hydrogens is 402 g/mol. The molecule has 0 nitrogen and oxygen atoms in total. The van der Waals surface area contributed by atoms with E-state index in [1.807, 2.05) is 3.28 Å². The Bertz CT molecular complexity index is 711. The van der Waals surface area contributed by atoms with Gasteiger partial charge in [-0.1, -0.05) is 0 Å². The van der Waals surface area contributed by atoms with Crippen LogP contribution in [0.15, 0.2) is 38.2 Å². The molecule has 2 atom stereocenters. The van der Waals surface area contributed by atoms with E-state index in [4.69, 9.17) is 0 Å². The minimum Gasteiger partial charge on any atom is -1.00 e. The molecule has 122 valence electrons. The number of hydrogen-bond acceptors (Lipinski definition) is 0. The smallest absolute Gasteiger partial charge is 1.00 e. The van der Waals surface area contributed by atoms with Gasteiger partial charge in [-0.05, 0) is 0 Å². The van der Waals surface area contributed by atoms with E-state index in [1.165, 1.54) is 16.7 Å². The van der Waals surface area contributed by atoms with Gasteiger partial charge in [-0.2, -0.15) is 0 Å². The summed E-state index contributed by atoms with van der Waals surface area (Å²) < 4.78 is 2.54. The summed E-state index contributed by atoms with van der Waals surface area (Å²) in [6.07, 6.45) is 4.83. The van der Waals surface area contributed by atoms with Gasteiger partial charge in [0.1, 0.15) is 0 Å². The number of aryl methyl sites for hydroxylation is 2. The first-order valence-electron chi connectivity index (χ1n) is 7.84. The largest absolute Gasteiger partial charge is 1.00 e. The molecule has 0 spiro atoms. The summed E-state index contributed by atoms with van der Waals surface area (Å²) in [5.41, 5.74) is 10.7. The van der Waals surface area contributed by atoms with Crippen molar-refractivity contribution in [3.8, 4) is 0 Å².